The minimum Gasteiger partial charge on any atom is -0.463 e. The van der Waals surface area contributed by atoms with Crippen molar-refractivity contribution in [2.75, 3.05) is 12.4 Å². The lowest BCUT2D eigenvalue weighted by atomic mass is 9.96. The van der Waals surface area contributed by atoms with Gasteiger partial charge in [-0.25, -0.2) is 4.79 Å². The van der Waals surface area contributed by atoms with E-state index in [0.29, 0.717) is 5.56 Å². The van der Waals surface area contributed by atoms with Gasteiger partial charge in [0, 0.05) is 10.9 Å². The van der Waals surface area contributed by atoms with Crippen LogP contribution in [-0.2, 0) is 16.0 Å². The van der Waals surface area contributed by atoms with Gasteiger partial charge in [-0.15, -0.1) is 0 Å². The summed E-state index contributed by atoms with van der Waals surface area (Å²) in [4.78, 5) is 23.5. The van der Waals surface area contributed by atoms with E-state index < -0.39 is 11.8 Å². The first-order chi connectivity index (χ1) is 10.2. The van der Waals surface area contributed by atoms with Crippen molar-refractivity contribution in [3.8, 4) is 11.1 Å². The van der Waals surface area contributed by atoms with Gasteiger partial charge in [-0.05, 0) is 23.1 Å². The lowest BCUT2D eigenvalue weighted by Crippen LogP contribution is -2.16. The first-order valence-electron chi connectivity index (χ1n) is 6.54. The second kappa shape index (κ2) is 7.18. The summed E-state index contributed by atoms with van der Waals surface area (Å²) in [6, 6.07) is 15.0. The van der Waals surface area contributed by atoms with Gasteiger partial charge >= 0.3 is 5.97 Å². The van der Waals surface area contributed by atoms with Gasteiger partial charge in [-0.3, -0.25) is 4.79 Å². The van der Waals surface area contributed by atoms with Gasteiger partial charge in [0.25, 0.3) is 5.78 Å². The Labute approximate surface area is 132 Å². The Kier molecular flexibility index (Phi) is 5.28. The van der Waals surface area contributed by atoms with Gasteiger partial charge in [-0.1, -0.05) is 64.5 Å². The third-order valence-corrected chi connectivity index (χ3v) is 3.59. The smallest absolute Gasteiger partial charge is 0.379 e. The minimum absolute atomic E-state index is 0.359. The number of alkyl halides is 1. The highest BCUT2D eigenvalue weighted by molar-refractivity contribution is 9.09. The topological polar surface area (TPSA) is 43.4 Å². The fourth-order valence-corrected chi connectivity index (χ4v) is 2.55. The standard InChI is InChI=1S/C17H15BrO3/c1-21-17(20)16(19)15-5-3-2-4-14(15)13-8-6-12(7-9-13)10-11-18/h2-9H,10-11H2,1H3. The molecule has 0 saturated heterocycles. The maximum absolute atomic E-state index is 12.1. The predicted octanol–water partition coefficient (Wildman–Crippen LogP) is 3.65. The largest absolute Gasteiger partial charge is 0.463 e. The van der Waals surface area contributed by atoms with Crippen LogP contribution < -0.4 is 0 Å². The monoisotopic (exact) mass is 346 g/mol. The van der Waals surface area contributed by atoms with Crippen LogP contribution in [0.4, 0.5) is 0 Å². The number of aryl methyl sites for hydroxylation is 1. The average molecular weight is 347 g/mol. The number of hydrogen-bond acceptors (Lipinski definition) is 3. The lowest BCUT2D eigenvalue weighted by molar-refractivity contribution is -0.135. The Morgan fingerprint density at radius 3 is 2.33 bits per heavy atom. The van der Waals surface area contributed by atoms with Crippen molar-refractivity contribution < 1.29 is 14.3 Å². The fraction of sp³-hybridized carbons (Fsp3) is 0.176. The number of hydrogen-bond donors (Lipinski definition) is 0. The van der Waals surface area contributed by atoms with Crippen molar-refractivity contribution in [3.63, 3.8) is 0 Å². The highest BCUT2D eigenvalue weighted by Gasteiger charge is 2.20. The van der Waals surface area contributed by atoms with Crippen LogP contribution in [0.2, 0.25) is 0 Å². The first kappa shape index (κ1) is 15.4. The summed E-state index contributed by atoms with van der Waals surface area (Å²) in [5.41, 5.74) is 3.21. The zero-order valence-corrected chi connectivity index (χ0v) is 13.2. The maximum atomic E-state index is 12.1. The summed E-state index contributed by atoms with van der Waals surface area (Å²) < 4.78 is 4.51. The molecule has 2 aromatic rings. The minimum atomic E-state index is -0.849. The number of esters is 1. The van der Waals surface area contributed by atoms with E-state index in [1.165, 1.54) is 12.7 Å². The molecule has 0 saturated carbocycles. The number of methoxy groups -OCH3 is 1. The van der Waals surface area contributed by atoms with E-state index in [0.717, 1.165) is 22.9 Å². The van der Waals surface area contributed by atoms with Gasteiger partial charge in [0.05, 0.1) is 7.11 Å². The highest BCUT2D eigenvalue weighted by Crippen LogP contribution is 2.25. The molecule has 0 fully saturated rings. The van der Waals surface area contributed by atoms with Crippen LogP contribution in [0.3, 0.4) is 0 Å². The molecule has 0 amide bonds. The van der Waals surface area contributed by atoms with Crippen LogP contribution in [0.1, 0.15) is 15.9 Å². The molecule has 0 aliphatic carbocycles. The van der Waals surface area contributed by atoms with Gasteiger partial charge in [0.2, 0.25) is 0 Å². The summed E-state index contributed by atoms with van der Waals surface area (Å²) in [6.07, 6.45) is 0.947. The van der Waals surface area contributed by atoms with E-state index in [1.807, 2.05) is 36.4 Å². The highest BCUT2D eigenvalue weighted by atomic mass is 79.9. The second-order valence-corrected chi connectivity index (χ2v) is 5.30. The average Bonchev–Trinajstić information content (AvgIpc) is 2.54. The first-order valence-corrected chi connectivity index (χ1v) is 7.66. The number of rotatable bonds is 5. The Hall–Kier alpha value is -1.94. The molecule has 0 atom stereocenters. The number of carbonyl (C=O) groups is 2. The molecule has 3 nitrogen and oxygen atoms in total. The summed E-state index contributed by atoms with van der Waals surface area (Å²) in [7, 11) is 1.21. The molecule has 0 aromatic heterocycles. The molecular formula is C17H15BrO3. The second-order valence-electron chi connectivity index (χ2n) is 4.50. The summed E-state index contributed by atoms with van der Waals surface area (Å²) in [5.74, 6) is -1.48. The summed E-state index contributed by atoms with van der Waals surface area (Å²) in [5, 5.41) is 0.907. The Bertz CT molecular complexity index is 647. The van der Waals surface area contributed by atoms with Crippen LogP contribution in [-0.4, -0.2) is 24.2 Å². The Morgan fingerprint density at radius 2 is 1.71 bits per heavy atom. The van der Waals surface area contributed by atoms with E-state index in [9.17, 15) is 9.59 Å². The van der Waals surface area contributed by atoms with Crippen molar-refractivity contribution in [1.29, 1.82) is 0 Å². The number of halogens is 1. The normalized spacial score (nSPS) is 10.2. The molecule has 21 heavy (non-hydrogen) atoms. The maximum Gasteiger partial charge on any atom is 0.379 e. The number of ether oxygens (including phenoxy) is 1. The van der Waals surface area contributed by atoms with Crippen LogP contribution in [0.25, 0.3) is 11.1 Å². The molecular weight excluding hydrogens is 332 g/mol. The van der Waals surface area contributed by atoms with Crippen molar-refractivity contribution >= 4 is 27.7 Å². The van der Waals surface area contributed by atoms with Crippen molar-refractivity contribution in [1.82, 2.24) is 0 Å². The quantitative estimate of drug-likeness (QED) is 0.359. The van der Waals surface area contributed by atoms with Crippen LogP contribution in [0.5, 0.6) is 0 Å². The summed E-state index contributed by atoms with van der Waals surface area (Å²) in [6.45, 7) is 0. The number of Topliss-reactive ketones (excluding diaryl/α,β-unsaturated/α-hetero) is 1. The van der Waals surface area contributed by atoms with Crippen LogP contribution in [0, 0.1) is 0 Å². The van der Waals surface area contributed by atoms with Gasteiger partial charge < -0.3 is 4.74 Å². The molecule has 108 valence electrons. The van der Waals surface area contributed by atoms with Gasteiger partial charge in [0.1, 0.15) is 0 Å². The molecule has 0 heterocycles. The molecule has 2 aromatic carbocycles. The van der Waals surface area contributed by atoms with Crippen LogP contribution >= 0.6 is 15.9 Å². The molecule has 0 aliphatic heterocycles. The lowest BCUT2D eigenvalue weighted by Gasteiger charge is -2.08. The molecule has 4 heteroatoms. The molecule has 0 spiro atoms. The van der Waals surface area contributed by atoms with Gasteiger partial charge in [0.15, 0.2) is 0 Å². The third kappa shape index (κ3) is 3.58. The molecule has 0 aliphatic rings. The number of carbonyl (C=O) groups excluding carboxylic acids is 2. The Balaban J connectivity index is 2.40. The van der Waals surface area contributed by atoms with Gasteiger partial charge in [-0.2, -0.15) is 0 Å². The molecule has 0 N–H and O–H groups in total. The van der Waals surface area contributed by atoms with Crippen LogP contribution in [0.15, 0.2) is 48.5 Å². The van der Waals surface area contributed by atoms with Crippen molar-refractivity contribution in [3.05, 3.63) is 59.7 Å². The Morgan fingerprint density at radius 1 is 1.05 bits per heavy atom. The SMILES string of the molecule is COC(=O)C(=O)c1ccccc1-c1ccc(CCBr)cc1. The zero-order valence-electron chi connectivity index (χ0n) is 11.6. The predicted molar refractivity (Wildman–Crippen MR) is 85.7 cm³/mol. The molecule has 0 bridgehead atoms. The summed E-state index contributed by atoms with van der Waals surface area (Å²) >= 11 is 3.41. The van der Waals surface area contributed by atoms with E-state index in [4.69, 9.17) is 0 Å². The van der Waals surface area contributed by atoms with Crippen molar-refractivity contribution in [2.45, 2.75) is 6.42 Å². The van der Waals surface area contributed by atoms with E-state index in [1.54, 1.807) is 12.1 Å². The van der Waals surface area contributed by atoms with E-state index in [2.05, 4.69) is 20.7 Å². The number of ketones is 1. The zero-order chi connectivity index (χ0) is 15.2. The molecule has 0 radical (unpaired) electrons. The molecule has 2 rings (SSSR count). The fourth-order valence-electron chi connectivity index (χ4n) is 2.10. The number of benzene rings is 2. The third-order valence-electron chi connectivity index (χ3n) is 3.19. The van der Waals surface area contributed by atoms with E-state index >= 15 is 0 Å². The van der Waals surface area contributed by atoms with Crippen molar-refractivity contribution in [2.24, 2.45) is 0 Å². The molecule has 0 unspecified atom stereocenters. The van der Waals surface area contributed by atoms with E-state index in [-0.39, 0.29) is 0 Å².